The van der Waals surface area contributed by atoms with Crippen LogP contribution in [0.4, 0.5) is 0 Å². The molecule has 0 aliphatic rings. The van der Waals surface area contributed by atoms with E-state index in [4.69, 9.17) is 18.9 Å². The van der Waals surface area contributed by atoms with Gasteiger partial charge in [0, 0.05) is 25.7 Å². The first-order valence-corrected chi connectivity index (χ1v) is 35.2. The molecule has 79 heavy (non-hydrogen) atoms. The summed E-state index contributed by atoms with van der Waals surface area (Å²) in [5.74, 6) is -0.967. The summed E-state index contributed by atoms with van der Waals surface area (Å²) in [4.78, 5) is 51.6. The molecule has 0 fully saturated rings. The maximum Gasteiger partial charge on any atom is 0.306 e. The summed E-state index contributed by atoms with van der Waals surface area (Å²) in [7, 11) is 0. The Kier molecular flexibility index (Phi) is 62.8. The highest BCUT2D eigenvalue weighted by Gasteiger charge is 2.20. The standard InChI is InChI=1S/C71H134O8/c1-5-9-13-17-21-24-27-30-31-34-36-39-43-49-55-61-69(73)77-65-67(64-76-68(72)60-54-48-42-38-35-32-28-25-22-18-14-10-6-2)79-71(75)63-57-51-45-47-53-59-66(58-52-46-41-20-16-12-8-4)78-70(74)62-56-50-44-40-37-33-29-26-23-19-15-11-7-3/h30-31,66-67H,5-29,32-65H2,1-4H3. The fourth-order valence-electron chi connectivity index (χ4n) is 10.8. The van der Waals surface area contributed by atoms with Gasteiger partial charge in [-0.3, -0.25) is 19.2 Å². The lowest BCUT2D eigenvalue weighted by atomic mass is 10.0. The first-order valence-electron chi connectivity index (χ1n) is 35.2. The van der Waals surface area contributed by atoms with Crippen molar-refractivity contribution in [3.8, 4) is 0 Å². The van der Waals surface area contributed by atoms with Crippen molar-refractivity contribution in [1.29, 1.82) is 0 Å². The van der Waals surface area contributed by atoms with Crippen molar-refractivity contribution in [2.75, 3.05) is 13.2 Å². The predicted octanol–water partition coefficient (Wildman–Crippen LogP) is 22.8. The molecule has 8 nitrogen and oxygen atoms in total. The smallest absolute Gasteiger partial charge is 0.306 e. The molecule has 0 aliphatic heterocycles. The quantitative estimate of drug-likeness (QED) is 0.0257. The third kappa shape index (κ3) is 61.5. The first kappa shape index (κ1) is 76.6. The van der Waals surface area contributed by atoms with Crippen LogP contribution in [0.25, 0.3) is 0 Å². The third-order valence-corrected chi connectivity index (χ3v) is 16.1. The van der Waals surface area contributed by atoms with Gasteiger partial charge in [0.25, 0.3) is 0 Å². The van der Waals surface area contributed by atoms with Crippen LogP contribution in [0.3, 0.4) is 0 Å². The van der Waals surface area contributed by atoms with Crippen molar-refractivity contribution in [2.24, 2.45) is 0 Å². The van der Waals surface area contributed by atoms with Gasteiger partial charge in [0.1, 0.15) is 19.3 Å². The fourth-order valence-corrected chi connectivity index (χ4v) is 10.8. The van der Waals surface area contributed by atoms with Gasteiger partial charge >= 0.3 is 23.9 Å². The lowest BCUT2D eigenvalue weighted by molar-refractivity contribution is -0.167. The fraction of sp³-hybridized carbons (Fsp3) is 0.915. The zero-order valence-electron chi connectivity index (χ0n) is 53.3. The Bertz CT molecular complexity index is 1310. The van der Waals surface area contributed by atoms with Gasteiger partial charge in [-0.25, -0.2) is 0 Å². The number of hydrogen-bond donors (Lipinski definition) is 0. The van der Waals surface area contributed by atoms with Gasteiger partial charge in [-0.15, -0.1) is 0 Å². The molecular weight excluding hydrogens is 981 g/mol. The van der Waals surface area contributed by atoms with Crippen molar-refractivity contribution in [3.05, 3.63) is 12.2 Å². The number of rotatable bonds is 65. The number of hydrogen-bond acceptors (Lipinski definition) is 8. The molecule has 2 unspecified atom stereocenters. The molecule has 466 valence electrons. The summed E-state index contributed by atoms with van der Waals surface area (Å²) in [6.45, 7) is 8.85. The lowest BCUT2D eigenvalue weighted by Gasteiger charge is -2.19. The lowest BCUT2D eigenvalue weighted by Crippen LogP contribution is -2.30. The van der Waals surface area contributed by atoms with Gasteiger partial charge in [0.2, 0.25) is 0 Å². The molecular formula is C71H134O8. The van der Waals surface area contributed by atoms with Gasteiger partial charge < -0.3 is 18.9 Å². The summed E-state index contributed by atoms with van der Waals surface area (Å²) in [6, 6.07) is 0. The number of allylic oxidation sites excluding steroid dienone is 2. The Hall–Kier alpha value is -2.38. The van der Waals surface area contributed by atoms with Crippen molar-refractivity contribution in [2.45, 2.75) is 406 Å². The van der Waals surface area contributed by atoms with Crippen LogP contribution >= 0.6 is 0 Å². The second-order valence-corrected chi connectivity index (χ2v) is 24.1. The molecule has 0 heterocycles. The molecule has 0 aromatic carbocycles. The largest absolute Gasteiger partial charge is 0.462 e. The molecule has 0 amide bonds. The van der Waals surface area contributed by atoms with Crippen LogP contribution in [-0.2, 0) is 38.1 Å². The average molecular weight is 1120 g/mol. The number of carbonyl (C=O) groups excluding carboxylic acids is 4. The van der Waals surface area contributed by atoms with E-state index in [9.17, 15) is 19.2 Å². The zero-order valence-corrected chi connectivity index (χ0v) is 53.3. The zero-order chi connectivity index (χ0) is 57.4. The van der Waals surface area contributed by atoms with Crippen LogP contribution in [0.2, 0.25) is 0 Å². The molecule has 0 bridgehead atoms. The minimum atomic E-state index is -0.818. The molecule has 0 aromatic rings. The monoisotopic (exact) mass is 1120 g/mol. The maximum absolute atomic E-state index is 13.1. The highest BCUT2D eigenvalue weighted by molar-refractivity contribution is 5.71. The first-order chi connectivity index (χ1) is 38.9. The molecule has 0 aromatic heterocycles. The number of unbranched alkanes of at least 4 members (excludes halogenated alkanes) is 45. The van der Waals surface area contributed by atoms with E-state index >= 15 is 0 Å². The Labute approximate surface area is 491 Å². The van der Waals surface area contributed by atoms with Crippen LogP contribution in [0.15, 0.2) is 12.2 Å². The molecule has 0 saturated heterocycles. The van der Waals surface area contributed by atoms with Gasteiger partial charge in [-0.2, -0.15) is 0 Å². The van der Waals surface area contributed by atoms with Crippen molar-refractivity contribution >= 4 is 23.9 Å². The molecule has 0 spiro atoms. The summed E-state index contributed by atoms with van der Waals surface area (Å²) in [5.41, 5.74) is 0. The van der Waals surface area contributed by atoms with Crippen LogP contribution in [-0.4, -0.2) is 49.3 Å². The van der Waals surface area contributed by atoms with Crippen LogP contribution < -0.4 is 0 Å². The highest BCUT2D eigenvalue weighted by atomic mass is 16.6. The minimum absolute atomic E-state index is 0.00322. The Morgan fingerprint density at radius 3 is 0.747 bits per heavy atom. The number of ether oxygens (including phenoxy) is 4. The average Bonchev–Trinajstić information content (AvgIpc) is 3.44. The minimum Gasteiger partial charge on any atom is -0.462 e. The topological polar surface area (TPSA) is 105 Å². The Morgan fingerprint density at radius 1 is 0.253 bits per heavy atom. The van der Waals surface area contributed by atoms with E-state index in [1.807, 2.05) is 0 Å². The summed E-state index contributed by atoms with van der Waals surface area (Å²) >= 11 is 0. The van der Waals surface area contributed by atoms with Crippen molar-refractivity contribution < 1.29 is 38.1 Å². The molecule has 0 aliphatic carbocycles. The van der Waals surface area contributed by atoms with E-state index in [0.29, 0.717) is 25.7 Å². The Balaban J connectivity index is 4.79. The summed E-state index contributed by atoms with van der Waals surface area (Å²) in [5, 5.41) is 0. The van der Waals surface area contributed by atoms with E-state index in [1.165, 1.54) is 225 Å². The SMILES string of the molecule is CCCCCCCCC=CCCCCCCCC(=O)OCC(COC(=O)CCCCCCCCCCCCCCC)OC(=O)CCCCCCCC(CCCCCCCCC)OC(=O)CCCCCCCCCCCCCCC. The van der Waals surface area contributed by atoms with Gasteiger partial charge in [-0.05, 0) is 77.0 Å². The predicted molar refractivity (Wildman–Crippen MR) is 337 cm³/mol. The third-order valence-electron chi connectivity index (χ3n) is 16.1. The normalized spacial score (nSPS) is 12.3. The number of esters is 4. The second kappa shape index (κ2) is 64.8. The molecule has 0 saturated carbocycles. The van der Waals surface area contributed by atoms with Crippen LogP contribution in [0.5, 0.6) is 0 Å². The van der Waals surface area contributed by atoms with E-state index in [-0.39, 0.29) is 49.6 Å². The van der Waals surface area contributed by atoms with Crippen LogP contribution in [0.1, 0.15) is 394 Å². The van der Waals surface area contributed by atoms with Gasteiger partial charge in [-0.1, -0.05) is 303 Å². The Morgan fingerprint density at radius 2 is 0.468 bits per heavy atom. The van der Waals surface area contributed by atoms with E-state index in [2.05, 4.69) is 39.8 Å². The van der Waals surface area contributed by atoms with E-state index in [0.717, 1.165) is 109 Å². The van der Waals surface area contributed by atoms with Gasteiger partial charge in [0.05, 0.1) is 0 Å². The molecule has 0 radical (unpaired) electrons. The number of carbonyl (C=O) groups is 4. The molecule has 0 rings (SSSR count). The maximum atomic E-state index is 13.1. The highest BCUT2D eigenvalue weighted by Crippen LogP contribution is 2.21. The van der Waals surface area contributed by atoms with E-state index < -0.39 is 6.10 Å². The van der Waals surface area contributed by atoms with E-state index in [1.54, 1.807) is 0 Å². The molecule has 8 heteroatoms. The van der Waals surface area contributed by atoms with Crippen molar-refractivity contribution in [1.82, 2.24) is 0 Å². The second-order valence-electron chi connectivity index (χ2n) is 24.1. The molecule has 0 N–H and O–H groups in total. The van der Waals surface area contributed by atoms with Crippen molar-refractivity contribution in [3.63, 3.8) is 0 Å². The summed E-state index contributed by atoms with van der Waals surface area (Å²) in [6.07, 6.45) is 69.2. The summed E-state index contributed by atoms with van der Waals surface area (Å²) < 4.78 is 23.2. The molecule has 2 atom stereocenters. The van der Waals surface area contributed by atoms with Crippen LogP contribution in [0, 0.1) is 0 Å². The van der Waals surface area contributed by atoms with Gasteiger partial charge in [0.15, 0.2) is 6.10 Å².